The molecule has 0 atom stereocenters. The van der Waals surface area contributed by atoms with Crippen LogP contribution in [0.5, 0.6) is 0 Å². The van der Waals surface area contributed by atoms with Crippen LogP contribution < -0.4 is 5.32 Å². The van der Waals surface area contributed by atoms with E-state index in [0.29, 0.717) is 16.8 Å². The molecule has 0 unspecified atom stereocenters. The number of thiazole rings is 1. The van der Waals surface area contributed by atoms with Gasteiger partial charge in [-0.3, -0.25) is 4.79 Å². The Morgan fingerprint density at radius 3 is 2.50 bits per heavy atom. The van der Waals surface area contributed by atoms with E-state index in [4.69, 9.17) is 0 Å². The van der Waals surface area contributed by atoms with E-state index in [2.05, 4.69) is 10.3 Å². The molecule has 2 aromatic carbocycles. The lowest BCUT2D eigenvalue weighted by atomic mass is 10.1. The number of hydrogen-bond acceptors (Lipinski definition) is 5. The van der Waals surface area contributed by atoms with Crippen LogP contribution in [0.4, 0.5) is 5.69 Å². The Morgan fingerprint density at radius 1 is 1.15 bits per heavy atom. The van der Waals surface area contributed by atoms with Crippen LogP contribution in [0, 0.1) is 6.92 Å². The third kappa shape index (κ3) is 4.77. The number of anilines is 1. The Hall–Kier alpha value is -2.51. The molecule has 1 aromatic heterocycles. The molecule has 134 valence electrons. The van der Waals surface area contributed by atoms with Crippen LogP contribution in [0.25, 0.3) is 11.3 Å². The van der Waals surface area contributed by atoms with Gasteiger partial charge in [0.2, 0.25) is 0 Å². The van der Waals surface area contributed by atoms with Gasteiger partial charge in [0.15, 0.2) is 9.84 Å². The summed E-state index contributed by atoms with van der Waals surface area (Å²) in [5, 5.41) is 5.83. The number of amides is 1. The second-order valence-corrected chi connectivity index (χ2v) is 9.26. The minimum Gasteiger partial charge on any atom is -0.322 e. The minimum absolute atomic E-state index is 0.0874. The third-order valence-electron chi connectivity index (χ3n) is 3.68. The van der Waals surface area contributed by atoms with E-state index in [1.54, 1.807) is 35.6 Å². The molecule has 0 spiro atoms. The van der Waals surface area contributed by atoms with E-state index in [9.17, 15) is 13.2 Å². The van der Waals surface area contributed by atoms with E-state index >= 15 is 0 Å². The van der Waals surface area contributed by atoms with Crippen molar-refractivity contribution < 1.29 is 13.2 Å². The molecule has 0 aliphatic carbocycles. The summed E-state index contributed by atoms with van der Waals surface area (Å²) in [6.45, 7) is 1.96. The number of benzene rings is 2. The van der Waals surface area contributed by atoms with Gasteiger partial charge in [-0.2, -0.15) is 0 Å². The van der Waals surface area contributed by atoms with Gasteiger partial charge in [-0.15, -0.1) is 11.3 Å². The number of carbonyl (C=O) groups excluding carboxylic acids is 1. The Labute approximate surface area is 156 Å². The summed E-state index contributed by atoms with van der Waals surface area (Å²) in [6, 6.07) is 14.1. The van der Waals surface area contributed by atoms with Gasteiger partial charge in [-0.1, -0.05) is 24.3 Å². The first-order valence-electron chi connectivity index (χ1n) is 7.91. The average molecular weight is 386 g/mol. The van der Waals surface area contributed by atoms with Crippen molar-refractivity contribution in [2.45, 2.75) is 12.7 Å². The predicted octanol–water partition coefficient (Wildman–Crippen LogP) is 3.92. The SMILES string of the molecule is Cc1nc(-c2ccc(NC(=O)c3cccc(CS(C)(=O)=O)c3)cc2)cs1. The molecule has 3 aromatic rings. The van der Waals surface area contributed by atoms with Crippen LogP contribution >= 0.6 is 11.3 Å². The van der Waals surface area contributed by atoms with E-state index < -0.39 is 9.84 Å². The van der Waals surface area contributed by atoms with Crippen molar-refractivity contribution in [3.05, 3.63) is 70.0 Å². The van der Waals surface area contributed by atoms with Crippen LogP contribution in [-0.4, -0.2) is 25.6 Å². The Bertz CT molecular complexity index is 1040. The van der Waals surface area contributed by atoms with Crippen molar-refractivity contribution in [2.75, 3.05) is 11.6 Å². The molecule has 26 heavy (non-hydrogen) atoms. The van der Waals surface area contributed by atoms with E-state index in [0.717, 1.165) is 16.3 Å². The fourth-order valence-electron chi connectivity index (χ4n) is 2.53. The molecule has 0 bridgehead atoms. The smallest absolute Gasteiger partial charge is 0.255 e. The van der Waals surface area contributed by atoms with Gasteiger partial charge >= 0.3 is 0 Å². The molecule has 0 aliphatic rings. The largest absolute Gasteiger partial charge is 0.322 e. The van der Waals surface area contributed by atoms with Crippen molar-refractivity contribution >= 4 is 32.8 Å². The van der Waals surface area contributed by atoms with Gasteiger partial charge in [0.05, 0.1) is 16.5 Å². The lowest BCUT2D eigenvalue weighted by Gasteiger charge is -2.07. The lowest BCUT2D eigenvalue weighted by molar-refractivity contribution is 0.102. The summed E-state index contributed by atoms with van der Waals surface area (Å²) in [7, 11) is -3.14. The molecule has 0 aliphatic heterocycles. The summed E-state index contributed by atoms with van der Waals surface area (Å²) in [4.78, 5) is 16.9. The Balaban J connectivity index is 1.73. The predicted molar refractivity (Wildman–Crippen MR) is 105 cm³/mol. The lowest BCUT2D eigenvalue weighted by Crippen LogP contribution is -2.12. The zero-order valence-corrected chi connectivity index (χ0v) is 16.0. The second-order valence-electron chi connectivity index (χ2n) is 6.05. The highest BCUT2D eigenvalue weighted by Gasteiger charge is 2.10. The molecule has 7 heteroatoms. The second kappa shape index (κ2) is 7.39. The molecule has 3 rings (SSSR count). The first kappa shape index (κ1) is 18.3. The summed E-state index contributed by atoms with van der Waals surface area (Å²) >= 11 is 1.59. The molecule has 0 saturated carbocycles. The summed E-state index contributed by atoms with van der Waals surface area (Å²) in [5.74, 6) is -0.367. The quantitative estimate of drug-likeness (QED) is 0.721. The first-order chi connectivity index (χ1) is 12.3. The summed E-state index contributed by atoms with van der Waals surface area (Å²) in [5.41, 5.74) is 3.58. The normalized spacial score (nSPS) is 11.3. The molecule has 0 radical (unpaired) electrons. The fraction of sp³-hybridized carbons (Fsp3) is 0.158. The highest BCUT2D eigenvalue weighted by Crippen LogP contribution is 2.23. The van der Waals surface area contributed by atoms with Gasteiger partial charge in [-0.05, 0) is 36.8 Å². The molecule has 5 nitrogen and oxygen atoms in total. The number of sulfone groups is 1. The number of aryl methyl sites for hydroxylation is 1. The summed E-state index contributed by atoms with van der Waals surface area (Å²) in [6.07, 6.45) is 1.17. The monoisotopic (exact) mass is 386 g/mol. The third-order valence-corrected chi connectivity index (χ3v) is 5.31. The van der Waals surface area contributed by atoms with Crippen molar-refractivity contribution in [3.8, 4) is 11.3 Å². The number of nitrogens with zero attached hydrogens (tertiary/aromatic N) is 1. The molecular weight excluding hydrogens is 368 g/mol. The van der Waals surface area contributed by atoms with Gasteiger partial charge in [0, 0.05) is 28.5 Å². The van der Waals surface area contributed by atoms with E-state index in [-0.39, 0.29) is 11.7 Å². The minimum atomic E-state index is -3.14. The number of hydrogen-bond donors (Lipinski definition) is 1. The molecular formula is C19H18N2O3S2. The van der Waals surface area contributed by atoms with Gasteiger partial charge < -0.3 is 5.32 Å². The average Bonchev–Trinajstić information content (AvgIpc) is 3.01. The van der Waals surface area contributed by atoms with E-state index in [1.165, 1.54) is 6.26 Å². The molecule has 1 heterocycles. The van der Waals surface area contributed by atoms with Crippen molar-refractivity contribution in [1.82, 2.24) is 4.98 Å². The number of carbonyl (C=O) groups is 1. The van der Waals surface area contributed by atoms with Crippen LogP contribution in [0.2, 0.25) is 0 Å². The molecule has 0 fully saturated rings. The standard InChI is InChI=1S/C19H18N2O3S2/c1-13-20-18(11-25-13)15-6-8-17(9-7-15)21-19(22)16-5-3-4-14(10-16)12-26(2,23)24/h3-11H,12H2,1-2H3,(H,21,22). The van der Waals surface area contributed by atoms with Crippen LogP contribution in [-0.2, 0) is 15.6 Å². The fourth-order valence-corrected chi connectivity index (χ4v) is 3.94. The maximum atomic E-state index is 12.4. The van der Waals surface area contributed by atoms with Gasteiger partial charge in [0.25, 0.3) is 5.91 Å². The number of rotatable bonds is 5. The number of nitrogens with one attached hydrogen (secondary N) is 1. The maximum absolute atomic E-state index is 12.4. The number of aromatic nitrogens is 1. The first-order valence-corrected chi connectivity index (χ1v) is 10.8. The molecule has 0 saturated heterocycles. The van der Waals surface area contributed by atoms with Crippen LogP contribution in [0.15, 0.2) is 53.9 Å². The van der Waals surface area contributed by atoms with Crippen LogP contribution in [0.3, 0.4) is 0 Å². The molecule has 1 amide bonds. The van der Waals surface area contributed by atoms with Crippen molar-refractivity contribution in [3.63, 3.8) is 0 Å². The maximum Gasteiger partial charge on any atom is 0.255 e. The van der Waals surface area contributed by atoms with E-state index in [1.807, 2.05) is 36.6 Å². The highest BCUT2D eigenvalue weighted by atomic mass is 32.2. The topological polar surface area (TPSA) is 76.1 Å². The highest BCUT2D eigenvalue weighted by molar-refractivity contribution is 7.89. The van der Waals surface area contributed by atoms with Crippen LogP contribution in [0.1, 0.15) is 20.9 Å². The van der Waals surface area contributed by atoms with Gasteiger partial charge in [0.1, 0.15) is 0 Å². The zero-order chi connectivity index (χ0) is 18.7. The van der Waals surface area contributed by atoms with Crippen molar-refractivity contribution in [2.24, 2.45) is 0 Å². The van der Waals surface area contributed by atoms with Gasteiger partial charge in [-0.25, -0.2) is 13.4 Å². The van der Waals surface area contributed by atoms with Crippen molar-refractivity contribution in [1.29, 1.82) is 0 Å². The molecule has 1 N–H and O–H groups in total. The summed E-state index contributed by atoms with van der Waals surface area (Å²) < 4.78 is 22.8. The Morgan fingerprint density at radius 2 is 1.88 bits per heavy atom. The Kier molecular flexibility index (Phi) is 5.20. The zero-order valence-electron chi connectivity index (χ0n) is 14.4.